The normalized spacial score (nSPS) is 14.2. The minimum absolute atomic E-state index is 0.446. The van der Waals surface area contributed by atoms with Crippen LogP contribution in [0.25, 0.3) is 0 Å². The molecule has 2 rings (SSSR count). The maximum Gasteiger partial charge on any atom is 0.296 e. The Kier molecular flexibility index (Phi) is 1.92. The molecule has 0 unspecified atom stereocenters. The molecule has 0 aromatic heterocycles. The first-order chi connectivity index (χ1) is 6.24. The molecule has 1 aromatic carbocycles. The summed E-state index contributed by atoms with van der Waals surface area (Å²) >= 11 is 3.29. The third-order valence-corrected chi connectivity index (χ3v) is 2.59. The topological polar surface area (TPSA) is 46.2 Å². The Labute approximate surface area is 83.3 Å². The maximum absolute atomic E-state index is 11.2. The third-order valence-electron chi connectivity index (χ3n) is 1.98. The average molecular weight is 240 g/mol. The van der Waals surface area contributed by atoms with Crippen LogP contribution < -0.4 is 5.32 Å². The van der Waals surface area contributed by atoms with Crippen molar-refractivity contribution >= 4 is 33.3 Å². The number of nitrogens with one attached hydrogen (secondary N) is 1. The van der Waals surface area contributed by atoms with Crippen molar-refractivity contribution in [2.24, 2.45) is 0 Å². The van der Waals surface area contributed by atoms with E-state index in [1.165, 1.54) is 0 Å². The van der Waals surface area contributed by atoms with Gasteiger partial charge in [-0.25, -0.2) is 0 Å². The number of carbonyl (C=O) groups is 2. The highest BCUT2D eigenvalue weighted by atomic mass is 79.9. The van der Waals surface area contributed by atoms with Gasteiger partial charge in [0.05, 0.1) is 11.3 Å². The molecule has 1 heterocycles. The number of amides is 1. The molecular formula is C9H6BrNO2. The van der Waals surface area contributed by atoms with E-state index in [0.717, 1.165) is 5.56 Å². The van der Waals surface area contributed by atoms with Crippen LogP contribution in [-0.4, -0.2) is 11.7 Å². The van der Waals surface area contributed by atoms with Gasteiger partial charge in [-0.2, -0.15) is 0 Å². The van der Waals surface area contributed by atoms with Crippen molar-refractivity contribution in [3.63, 3.8) is 0 Å². The number of carbonyl (C=O) groups excluding carboxylic acids is 2. The van der Waals surface area contributed by atoms with Crippen molar-refractivity contribution in [1.29, 1.82) is 0 Å². The second kappa shape index (κ2) is 2.96. The Hall–Kier alpha value is -1.16. The van der Waals surface area contributed by atoms with Gasteiger partial charge in [-0.05, 0) is 11.6 Å². The highest BCUT2D eigenvalue weighted by molar-refractivity contribution is 9.08. The van der Waals surface area contributed by atoms with Crippen LogP contribution in [0, 0.1) is 0 Å². The van der Waals surface area contributed by atoms with E-state index in [4.69, 9.17) is 0 Å². The van der Waals surface area contributed by atoms with Gasteiger partial charge in [0.25, 0.3) is 11.7 Å². The lowest BCUT2D eigenvalue weighted by atomic mass is 10.1. The highest BCUT2D eigenvalue weighted by Gasteiger charge is 2.28. The fourth-order valence-corrected chi connectivity index (χ4v) is 1.81. The summed E-state index contributed by atoms with van der Waals surface area (Å²) in [5.74, 6) is -0.985. The summed E-state index contributed by atoms with van der Waals surface area (Å²) in [6.45, 7) is 0. The first-order valence-corrected chi connectivity index (χ1v) is 4.89. The van der Waals surface area contributed by atoms with Crippen LogP contribution in [0.5, 0.6) is 0 Å². The maximum atomic E-state index is 11.2. The van der Waals surface area contributed by atoms with Crippen molar-refractivity contribution in [1.82, 2.24) is 0 Å². The lowest BCUT2D eigenvalue weighted by molar-refractivity contribution is -0.112. The Morgan fingerprint density at radius 3 is 2.77 bits per heavy atom. The summed E-state index contributed by atoms with van der Waals surface area (Å²) in [6.07, 6.45) is 0. The molecule has 0 radical (unpaired) electrons. The van der Waals surface area contributed by atoms with Gasteiger partial charge >= 0.3 is 0 Å². The van der Waals surface area contributed by atoms with E-state index in [9.17, 15) is 9.59 Å². The molecule has 0 saturated carbocycles. The van der Waals surface area contributed by atoms with Gasteiger partial charge in [0.2, 0.25) is 0 Å². The Balaban J connectivity index is 2.62. The van der Waals surface area contributed by atoms with Crippen molar-refractivity contribution in [3.05, 3.63) is 29.3 Å². The van der Waals surface area contributed by atoms with Crippen LogP contribution in [0.2, 0.25) is 0 Å². The van der Waals surface area contributed by atoms with E-state index in [1.54, 1.807) is 12.1 Å². The van der Waals surface area contributed by atoms with Gasteiger partial charge in [0.1, 0.15) is 0 Å². The zero-order valence-corrected chi connectivity index (χ0v) is 8.22. The van der Waals surface area contributed by atoms with Gasteiger partial charge in [0, 0.05) is 5.33 Å². The molecular weight excluding hydrogens is 234 g/mol. The number of anilines is 1. The average Bonchev–Trinajstić information content (AvgIpc) is 2.43. The van der Waals surface area contributed by atoms with Crippen LogP contribution in [0.4, 0.5) is 5.69 Å². The van der Waals surface area contributed by atoms with Gasteiger partial charge in [-0.1, -0.05) is 28.1 Å². The van der Waals surface area contributed by atoms with Crippen LogP contribution in [0.3, 0.4) is 0 Å². The number of benzene rings is 1. The molecule has 1 amide bonds. The summed E-state index contributed by atoms with van der Waals surface area (Å²) < 4.78 is 0. The lowest BCUT2D eigenvalue weighted by Gasteiger charge is -2.02. The summed E-state index contributed by atoms with van der Waals surface area (Å²) in [5, 5.41) is 3.18. The molecule has 4 heteroatoms. The number of Topliss-reactive ketones (excluding diaryl/α,β-unsaturated/α-hetero) is 1. The lowest BCUT2D eigenvalue weighted by Crippen LogP contribution is -2.12. The molecule has 1 aliphatic rings. The number of hydrogen-bond donors (Lipinski definition) is 1. The van der Waals surface area contributed by atoms with Crippen LogP contribution >= 0.6 is 15.9 Å². The molecule has 3 nitrogen and oxygen atoms in total. The van der Waals surface area contributed by atoms with E-state index >= 15 is 0 Å². The van der Waals surface area contributed by atoms with E-state index in [0.29, 0.717) is 16.6 Å². The molecule has 0 aliphatic carbocycles. The molecule has 0 fully saturated rings. The fourth-order valence-electron chi connectivity index (χ4n) is 1.34. The van der Waals surface area contributed by atoms with Crippen LogP contribution in [0.15, 0.2) is 18.2 Å². The first-order valence-electron chi connectivity index (χ1n) is 3.77. The van der Waals surface area contributed by atoms with Gasteiger partial charge in [-0.3, -0.25) is 9.59 Å². The van der Waals surface area contributed by atoms with Crippen molar-refractivity contribution in [2.75, 3.05) is 5.32 Å². The SMILES string of the molecule is O=C1Nc2c(CBr)cccc2C1=O. The predicted octanol–water partition coefficient (Wildman–Crippen LogP) is 1.72. The highest BCUT2D eigenvalue weighted by Crippen LogP contribution is 2.28. The Morgan fingerprint density at radius 1 is 1.31 bits per heavy atom. The van der Waals surface area contributed by atoms with E-state index < -0.39 is 11.7 Å². The number of hydrogen-bond acceptors (Lipinski definition) is 2. The van der Waals surface area contributed by atoms with E-state index in [-0.39, 0.29) is 0 Å². The van der Waals surface area contributed by atoms with Crippen molar-refractivity contribution < 1.29 is 9.59 Å². The van der Waals surface area contributed by atoms with Crippen LogP contribution in [-0.2, 0) is 10.1 Å². The number of halogens is 1. The number of alkyl halides is 1. The van der Waals surface area contributed by atoms with E-state index in [1.807, 2.05) is 6.07 Å². The summed E-state index contributed by atoms with van der Waals surface area (Å²) in [4.78, 5) is 22.3. The second-order valence-corrected chi connectivity index (χ2v) is 3.32. The smallest absolute Gasteiger partial charge is 0.296 e. The molecule has 0 atom stereocenters. The summed E-state index contributed by atoms with van der Waals surface area (Å²) in [7, 11) is 0. The van der Waals surface area contributed by atoms with Crippen molar-refractivity contribution in [2.45, 2.75) is 5.33 Å². The number of para-hydroxylation sites is 1. The quantitative estimate of drug-likeness (QED) is 0.600. The number of ketones is 1. The fraction of sp³-hybridized carbons (Fsp3) is 0.111. The molecule has 1 aliphatic heterocycles. The Bertz CT molecular complexity index is 401. The standard InChI is InChI=1S/C9H6BrNO2/c10-4-5-2-1-3-6-7(5)11-9(13)8(6)12/h1-3H,4H2,(H,11,12,13). The molecule has 1 aromatic rings. The van der Waals surface area contributed by atoms with E-state index in [2.05, 4.69) is 21.2 Å². The van der Waals surface area contributed by atoms with Gasteiger partial charge in [-0.15, -0.1) is 0 Å². The van der Waals surface area contributed by atoms with Gasteiger partial charge in [0.15, 0.2) is 0 Å². The molecule has 1 N–H and O–H groups in total. The summed E-state index contributed by atoms with van der Waals surface area (Å²) in [5.41, 5.74) is 2.05. The van der Waals surface area contributed by atoms with Crippen LogP contribution in [0.1, 0.15) is 15.9 Å². The molecule has 66 valence electrons. The minimum Gasteiger partial charge on any atom is -0.318 e. The third kappa shape index (κ3) is 1.18. The summed E-state index contributed by atoms with van der Waals surface area (Å²) in [6, 6.07) is 5.29. The molecule has 13 heavy (non-hydrogen) atoms. The molecule has 0 spiro atoms. The first kappa shape index (κ1) is 8.44. The van der Waals surface area contributed by atoms with Crippen molar-refractivity contribution in [3.8, 4) is 0 Å². The molecule has 0 bridgehead atoms. The predicted molar refractivity (Wildman–Crippen MR) is 52.0 cm³/mol. The monoisotopic (exact) mass is 239 g/mol. The number of fused-ring (bicyclic) bond motifs is 1. The zero-order chi connectivity index (χ0) is 9.42. The minimum atomic E-state index is -0.539. The largest absolute Gasteiger partial charge is 0.318 e. The number of rotatable bonds is 1. The Morgan fingerprint density at radius 2 is 2.08 bits per heavy atom. The van der Waals surface area contributed by atoms with Gasteiger partial charge < -0.3 is 5.32 Å². The zero-order valence-electron chi connectivity index (χ0n) is 6.63. The second-order valence-electron chi connectivity index (χ2n) is 2.76. The molecule has 0 saturated heterocycles.